The average molecular weight is 407 g/mol. The van der Waals surface area contributed by atoms with Crippen molar-refractivity contribution in [2.45, 2.75) is 19.9 Å². The highest BCUT2D eigenvalue weighted by Crippen LogP contribution is 2.39. The molecule has 1 unspecified atom stereocenters. The zero-order chi connectivity index (χ0) is 14.2. The largest absolute Gasteiger partial charge is 0.309 e. The van der Waals surface area contributed by atoms with Gasteiger partial charge in [0.05, 0.1) is 13.6 Å². The maximum Gasteiger partial charge on any atom is 0.128 e. The minimum atomic E-state index is -0.161. The summed E-state index contributed by atoms with van der Waals surface area (Å²) in [6.07, 6.45) is 0. The molecule has 1 aromatic heterocycles. The van der Waals surface area contributed by atoms with Crippen molar-refractivity contribution >= 4 is 43.2 Å². The molecular formula is C14H14Br2FNS. The van der Waals surface area contributed by atoms with Crippen molar-refractivity contribution < 1.29 is 4.39 Å². The highest BCUT2D eigenvalue weighted by molar-refractivity contribution is 9.12. The summed E-state index contributed by atoms with van der Waals surface area (Å²) in [5.74, 6) is -0.161. The SMILES string of the molecule is CNC(c1cc(Br)sc1Br)c1c(C)cc(C)cc1F. The Kier molecular flexibility index (Phi) is 4.82. The molecule has 5 heteroatoms. The molecule has 19 heavy (non-hydrogen) atoms. The molecule has 0 radical (unpaired) electrons. The average Bonchev–Trinajstić information content (AvgIpc) is 2.62. The summed E-state index contributed by atoms with van der Waals surface area (Å²) < 4.78 is 16.3. The third-order valence-corrected chi connectivity index (χ3v) is 5.44. The van der Waals surface area contributed by atoms with E-state index in [1.54, 1.807) is 17.4 Å². The number of thiophene rings is 1. The lowest BCUT2D eigenvalue weighted by Crippen LogP contribution is -2.20. The van der Waals surface area contributed by atoms with Crippen LogP contribution in [0.4, 0.5) is 4.39 Å². The van der Waals surface area contributed by atoms with E-state index in [1.807, 2.05) is 33.0 Å². The number of halogens is 3. The van der Waals surface area contributed by atoms with Gasteiger partial charge in [-0.05, 0) is 81.6 Å². The Labute approximate surface area is 133 Å². The summed E-state index contributed by atoms with van der Waals surface area (Å²) in [5.41, 5.74) is 3.66. The van der Waals surface area contributed by atoms with Gasteiger partial charge in [-0.25, -0.2) is 4.39 Å². The lowest BCUT2D eigenvalue weighted by molar-refractivity contribution is 0.572. The van der Waals surface area contributed by atoms with Crippen LogP contribution in [0.2, 0.25) is 0 Å². The van der Waals surface area contributed by atoms with Gasteiger partial charge >= 0.3 is 0 Å². The molecule has 0 aliphatic carbocycles. The summed E-state index contributed by atoms with van der Waals surface area (Å²) in [5, 5.41) is 3.21. The first-order valence-electron chi connectivity index (χ1n) is 5.82. The van der Waals surface area contributed by atoms with Crippen LogP contribution in [0.1, 0.15) is 28.3 Å². The molecule has 1 N–H and O–H groups in total. The van der Waals surface area contributed by atoms with E-state index in [9.17, 15) is 4.39 Å². The van der Waals surface area contributed by atoms with Crippen LogP contribution >= 0.6 is 43.2 Å². The van der Waals surface area contributed by atoms with Crippen LogP contribution in [0.15, 0.2) is 25.8 Å². The van der Waals surface area contributed by atoms with E-state index < -0.39 is 0 Å². The number of aryl methyl sites for hydroxylation is 2. The first-order chi connectivity index (χ1) is 8.93. The zero-order valence-electron chi connectivity index (χ0n) is 10.9. The summed E-state index contributed by atoms with van der Waals surface area (Å²) in [4.78, 5) is 0. The fraction of sp³-hybridized carbons (Fsp3) is 0.286. The molecule has 0 bridgehead atoms. The monoisotopic (exact) mass is 405 g/mol. The van der Waals surface area contributed by atoms with Gasteiger partial charge in [0, 0.05) is 5.56 Å². The summed E-state index contributed by atoms with van der Waals surface area (Å²) >= 11 is 8.61. The number of hydrogen-bond acceptors (Lipinski definition) is 2. The maximum atomic E-state index is 14.3. The van der Waals surface area contributed by atoms with Gasteiger partial charge in [-0.15, -0.1) is 11.3 Å². The zero-order valence-corrected chi connectivity index (χ0v) is 14.8. The highest BCUT2D eigenvalue weighted by Gasteiger charge is 2.22. The predicted molar refractivity (Wildman–Crippen MR) is 86.5 cm³/mol. The summed E-state index contributed by atoms with van der Waals surface area (Å²) in [6.45, 7) is 3.86. The molecule has 1 nitrogen and oxygen atoms in total. The number of nitrogens with one attached hydrogen (secondary N) is 1. The highest BCUT2D eigenvalue weighted by atomic mass is 79.9. The third-order valence-electron chi connectivity index (χ3n) is 3.05. The molecule has 1 atom stereocenters. The maximum absolute atomic E-state index is 14.3. The first-order valence-corrected chi connectivity index (χ1v) is 8.23. The summed E-state index contributed by atoms with van der Waals surface area (Å²) in [6, 6.07) is 5.46. The predicted octanol–water partition coefficient (Wildman–Crippen LogP) is 5.34. The molecule has 0 fully saturated rings. The van der Waals surface area contributed by atoms with E-state index in [-0.39, 0.29) is 11.9 Å². The minimum Gasteiger partial charge on any atom is -0.309 e. The summed E-state index contributed by atoms with van der Waals surface area (Å²) in [7, 11) is 1.85. The van der Waals surface area contributed by atoms with Gasteiger partial charge in [-0.1, -0.05) is 6.07 Å². The van der Waals surface area contributed by atoms with Crippen molar-refractivity contribution in [3.63, 3.8) is 0 Å². The number of benzene rings is 1. The fourth-order valence-electron chi connectivity index (χ4n) is 2.30. The second-order valence-electron chi connectivity index (χ2n) is 4.48. The van der Waals surface area contributed by atoms with Gasteiger partial charge in [0.25, 0.3) is 0 Å². The van der Waals surface area contributed by atoms with Crippen molar-refractivity contribution in [3.05, 3.63) is 53.8 Å². The van der Waals surface area contributed by atoms with Gasteiger partial charge in [0.2, 0.25) is 0 Å². The smallest absolute Gasteiger partial charge is 0.128 e. The first kappa shape index (κ1) is 15.2. The van der Waals surface area contributed by atoms with Crippen molar-refractivity contribution in [1.29, 1.82) is 0 Å². The molecule has 0 saturated carbocycles. The topological polar surface area (TPSA) is 12.0 Å². The molecule has 0 amide bonds. The van der Waals surface area contributed by atoms with Crippen LogP contribution < -0.4 is 5.32 Å². The van der Waals surface area contributed by atoms with Crippen molar-refractivity contribution in [1.82, 2.24) is 5.32 Å². The van der Waals surface area contributed by atoms with E-state index in [0.717, 1.165) is 24.3 Å². The minimum absolute atomic E-state index is 0.155. The van der Waals surface area contributed by atoms with Crippen molar-refractivity contribution in [3.8, 4) is 0 Å². The molecule has 2 aromatic rings. The van der Waals surface area contributed by atoms with Crippen LogP contribution in [0.5, 0.6) is 0 Å². The standard InChI is InChI=1S/C14H14Br2FNS/c1-7-4-8(2)12(10(17)5-7)13(18-3)9-6-11(15)19-14(9)16/h4-6,13,18H,1-3H3. The van der Waals surface area contributed by atoms with Crippen LogP contribution in [-0.2, 0) is 0 Å². The van der Waals surface area contributed by atoms with Crippen LogP contribution in [0.25, 0.3) is 0 Å². The second kappa shape index (κ2) is 6.04. The van der Waals surface area contributed by atoms with Crippen LogP contribution in [0, 0.1) is 19.7 Å². The number of rotatable bonds is 3. The molecule has 102 valence electrons. The Bertz CT molecular complexity index is 586. The molecule has 0 aliphatic heterocycles. The van der Waals surface area contributed by atoms with E-state index >= 15 is 0 Å². The van der Waals surface area contributed by atoms with Gasteiger partial charge in [0.15, 0.2) is 0 Å². The lowest BCUT2D eigenvalue weighted by atomic mass is 9.95. The van der Waals surface area contributed by atoms with Gasteiger partial charge < -0.3 is 5.32 Å². The second-order valence-corrected chi connectivity index (χ2v) is 8.23. The van der Waals surface area contributed by atoms with E-state index in [1.165, 1.54) is 0 Å². The van der Waals surface area contributed by atoms with Crippen molar-refractivity contribution in [2.24, 2.45) is 0 Å². The Balaban J connectivity index is 2.57. The van der Waals surface area contributed by atoms with Crippen molar-refractivity contribution in [2.75, 3.05) is 7.05 Å². The molecular weight excluding hydrogens is 393 g/mol. The van der Waals surface area contributed by atoms with Crippen LogP contribution in [0.3, 0.4) is 0 Å². The molecule has 2 rings (SSSR count). The van der Waals surface area contributed by atoms with Crippen LogP contribution in [-0.4, -0.2) is 7.05 Å². The molecule has 1 aromatic carbocycles. The van der Waals surface area contributed by atoms with Gasteiger partial charge in [-0.3, -0.25) is 0 Å². The van der Waals surface area contributed by atoms with Gasteiger partial charge in [-0.2, -0.15) is 0 Å². The Morgan fingerprint density at radius 1 is 1.21 bits per heavy atom. The molecule has 0 saturated heterocycles. The number of hydrogen-bond donors (Lipinski definition) is 1. The third kappa shape index (κ3) is 3.10. The Morgan fingerprint density at radius 2 is 1.89 bits per heavy atom. The molecule has 0 spiro atoms. The normalized spacial score (nSPS) is 12.7. The lowest BCUT2D eigenvalue weighted by Gasteiger charge is -2.20. The molecule has 0 aliphatic rings. The van der Waals surface area contributed by atoms with E-state index in [4.69, 9.17) is 0 Å². The van der Waals surface area contributed by atoms with E-state index in [2.05, 4.69) is 37.2 Å². The quantitative estimate of drug-likeness (QED) is 0.725. The fourth-order valence-corrected chi connectivity index (χ4v) is 5.20. The Morgan fingerprint density at radius 3 is 2.37 bits per heavy atom. The van der Waals surface area contributed by atoms with Gasteiger partial charge in [0.1, 0.15) is 5.82 Å². The molecule has 1 heterocycles. The Hall–Kier alpha value is -0.230. The van der Waals surface area contributed by atoms with E-state index in [0.29, 0.717) is 5.56 Å².